The van der Waals surface area contributed by atoms with E-state index in [1.807, 2.05) is 6.07 Å². The Balaban J connectivity index is 0.00000338. The summed E-state index contributed by atoms with van der Waals surface area (Å²) in [6.45, 7) is 8.20. The van der Waals surface area contributed by atoms with Crippen molar-refractivity contribution < 1.29 is 0 Å². The first-order chi connectivity index (χ1) is 12.2. The van der Waals surface area contributed by atoms with E-state index < -0.39 is 0 Å². The smallest absolute Gasteiger partial charge is 0.191 e. The maximum Gasteiger partial charge on any atom is 0.191 e. The molecule has 0 aliphatic rings. The molecule has 2 aromatic rings. The Labute approximate surface area is 173 Å². The van der Waals surface area contributed by atoms with Crippen molar-refractivity contribution in [1.29, 1.82) is 0 Å². The highest BCUT2D eigenvalue weighted by atomic mass is 127. The van der Waals surface area contributed by atoms with Gasteiger partial charge in [-0.05, 0) is 19.1 Å². The van der Waals surface area contributed by atoms with Crippen molar-refractivity contribution in [2.75, 3.05) is 38.1 Å². The van der Waals surface area contributed by atoms with Gasteiger partial charge in [0, 0.05) is 45.3 Å². The van der Waals surface area contributed by atoms with Crippen LogP contribution in [0.1, 0.15) is 19.7 Å². The molecular formula is C18H30IN7. The third-order valence-electron chi connectivity index (χ3n) is 3.90. The van der Waals surface area contributed by atoms with Crippen LogP contribution in [0, 0.1) is 0 Å². The van der Waals surface area contributed by atoms with Crippen LogP contribution in [0.15, 0.2) is 41.7 Å². The summed E-state index contributed by atoms with van der Waals surface area (Å²) in [6.07, 6.45) is 2.67. The minimum absolute atomic E-state index is 0. The highest BCUT2D eigenvalue weighted by Crippen LogP contribution is 2.09. The normalized spacial score (nSPS) is 11.0. The van der Waals surface area contributed by atoms with Crippen LogP contribution in [-0.2, 0) is 13.0 Å². The van der Waals surface area contributed by atoms with Crippen LogP contribution >= 0.6 is 24.0 Å². The predicted octanol–water partition coefficient (Wildman–Crippen LogP) is 2.15. The van der Waals surface area contributed by atoms with Gasteiger partial charge < -0.3 is 20.1 Å². The van der Waals surface area contributed by atoms with Gasteiger partial charge in [0.25, 0.3) is 0 Å². The van der Waals surface area contributed by atoms with E-state index in [9.17, 15) is 0 Å². The second-order valence-corrected chi connectivity index (χ2v) is 5.74. The van der Waals surface area contributed by atoms with Crippen LogP contribution in [0.3, 0.4) is 0 Å². The zero-order chi connectivity index (χ0) is 17.9. The topological polar surface area (TPSA) is 70.4 Å². The molecule has 0 fully saturated rings. The Kier molecular flexibility index (Phi) is 10.7. The molecular weight excluding hydrogens is 441 g/mol. The van der Waals surface area contributed by atoms with Gasteiger partial charge in [-0.15, -0.1) is 34.2 Å². The maximum absolute atomic E-state index is 4.65. The standard InChI is InChI=1S/C18H29N7.HI/c1-4-17-23-22-15-25(17)14-12-21-18(19-5-2)20-11-13-24(3)16-9-7-6-8-10-16;/h6-10,15H,4-5,11-14H2,1-3H3,(H2,19,20,21);1H. The van der Waals surface area contributed by atoms with Gasteiger partial charge in [0.15, 0.2) is 5.96 Å². The fourth-order valence-corrected chi connectivity index (χ4v) is 2.50. The molecule has 7 nitrogen and oxygen atoms in total. The summed E-state index contributed by atoms with van der Waals surface area (Å²) >= 11 is 0. The second kappa shape index (κ2) is 12.5. The Hall–Kier alpha value is -1.84. The largest absolute Gasteiger partial charge is 0.373 e. The van der Waals surface area contributed by atoms with Crippen LogP contribution in [-0.4, -0.2) is 54.0 Å². The molecule has 0 saturated heterocycles. The van der Waals surface area contributed by atoms with Gasteiger partial charge in [0.05, 0.1) is 6.54 Å². The van der Waals surface area contributed by atoms with E-state index in [1.54, 1.807) is 6.33 Å². The number of hydrogen-bond acceptors (Lipinski definition) is 4. The molecule has 2 rings (SSSR count). The molecule has 2 N–H and O–H groups in total. The summed E-state index contributed by atoms with van der Waals surface area (Å²) in [5.41, 5.74) is 1.20. The summed E-state index contributed by atoms with van der Waals surface area (Å²) in [6, 6.07) is 10.4. The minimum Gasteiger partial charge on any atom is -0.373 e. The summed E-state index contributed by atoms with van der Waals surface area (Å²) in [5.74, 6) is 1.85. The first-order valence-electron chi connectivity index (χ1n) is 8.89. The molecule has 0 aliphatic carbocycles. The van der Waals surface area contributed by atoms with Crippen molar-refractivity contribution in [3.05, 3.63) is 42.5 Å². The van der Waals surface area contributed by atoms with Gasteiger partial charge >= 0.3 is 0 Å². The molecule has 0 bridgehead atoms. The summed E-state index contributed by atoms with van der Waals surface area (Å²) < 4.78 is 2.07. The molecule has 0 amide bonds. The first kappa shape index (κ1) is 22.2. The highest BCUT2D eigenvalue weighted by Gasteiger charge is 2.03. The minimum atomic E-state index is 0. The number of rotatable bonds is 9. The average molecular weight is 471 g/mol. The van der Waals surface area contributed by atoms with E-state index in [0.717, 1.165) is 50.9 Å². The number of nitrogens with zero attached hydrogens (tertiary/aromatic N) is 5. The Morgan fingerprint density at radius 1 is 1.19 bits per heavy atom. The average Bonchev–Trinajstić information content (AvgIpc) is 3.10. The SMILES string of the molecule is CCNC(=NCCN(C)c1ccccc1)NCCn1cnnc1CC.I. The highest BCUT2D eigenvalue weighted by molar-refractivity contribution is 14.0. The lowest BCUT2D eigenvalue weighted by Gasteiger charge is -2.18. The number of likely N-dealkylation sites (N-methyl/N-ethyl adjacent to an activating group) is 1. The van der Waals surface area contributed by atoms with E-state index in [1.165, 1.54) is 5.69 Å². The van der Waals surface area contributed by atoms with Gasteiger partial charge in [0.2, 0.25) is 0 Å². The molecule has 0 spiro atoms. The zero-order valence-electron chi connectivity index (χ0n) is 15.9. The lowest BCUT2D eigenvalue weighted by molar-refractivity contribution is 0.632. The Bertz CT molecular complexity index is 642. The molecule has 0 radical (unpaired) electrons. The van der Waals surface area contributed by atoms with Crippen LogP contribution < -0.4 is 15.5 Å². The second-order valence-electron chi connectivity index (χ2n) is 5.74. The number of anilines is 1. The number of aliphatic imine (C=N–C) groups is 1. The van der Waals surface area contributed by atoms with Gasteiger partial charge in [-0.1, -0.05) is 25.1 Å². The molecule has 1 aromatic heterocycles. The number of aryl methyl sites for hydroxylation is 1. The molecule has 0 atom stereocenters. The van der Waals surface area contributed by atoms with Crippen LogP contribution in [0.2, 0.25) is 0 Å². The number of guanidine groups is 1. The molecule has 0 saturated carbocycles. The number of benzene rings is 1. The third-order valence-corrected chi connectivity index (χ3v) is 3.90. The lowest BCUT2D eigenvalue weighted by atomic mass is 10.3. The summed E-state index contributed by atoms with van der Waals surface area (Å²) in [7, 11) is 2.09. The monoisotopic (exact) mass is 471 g/mol. The summed E-state index contributed by atoms with van der Waals surface area (Å²) in [5, 5.41) is 14.7. The van der Waals surface area contributed by atoms with Crippen molar-refractivity contribution in [2.45, 2.75) is 26.8 Å². The van der Waals surface area contributed by atoms with Crippen LogP contribution in [0.5, 0.6) is 0 Å². The van der Waals surface area contributed by atoms with Crippen molar-refractivity contribution in [1.82, 2.24) is 25.4 Å². The van der Waals surface area contributed by atoms with E-state index in [4.69, 9.17) is 0 Å². The first-order valence-corrected chi connectivity index (χ1v) is 8.89. The van der Waals surface area contributed by atoms with E-state index in [-0.39, 0.29) is 24.0 Å². The van der Waals surface area contributed by atoms with Gasteiger partial charge in [-0.3, -0.25) is 4.99 Å². The fourth-order valence-electron chi connectivity index (χ4n) is 2.50. The Morgan fingerprint density at radius 3 is 2.65 bits per heavy atom. The lowest BCUT2D eigenvalue weighted by Crippen LogP contribution is -2.39. The molecule has 1 heterocycles. The van der Waals surface area contributed by atoms with Crippen LogP contribution in [0.4, 0.5) is 5.69 Å². The quantitative estimate of drug-likeness (QED) is 0.333. The van der Waals surface area contributed by atoms with Crippen molar-refractivity contribution >= 4 is 35.6 Å². The predicted molar refractivity (Wildman–Crippen MR) is 119 cm³/mol. The number of nitrogens with one attached hydrogen (secondary N) is 2. The van der Waals surface area contributed by atoms with Crippen molar-refractivity contribution in [3.8, 4) is 0 Å². The number of para-hydroxylation sites is 1. The molecule has 144 valence electrons. The maximum atomic E-state index is 4.65. The van der Waals surface area contributed by atoms with Crippen molar-refractivity contribution in [3.63, 3.8) is 0 Å². The van der Waals surface area contributed by atoms with Crippen molar-refractivity contribution in [2.24, 2.45) is 4.99 Å². The molecule has 0 unspecified atom stereocenters. The third kappa shape index (κ3) is 7.19. The van der Waals surface area contributed by atoms with Gasteiger partial charge in [-0.2, -0.15) is 0 Å². The van der Waals surface area contributed by atoms with Gasteiger partial charge in [0.1, 0.15) is 12.2 Å². The number of halogens is 1. The molecule has 0 aliphatic heterocycles. The number of aromatic nitrogens is 3. The van der Waals surface area contributed by atoms with Crippen LogP contribution in [0.25, 0.3) is 0 Å². The van der Waals surface area contributed by atoms with Gasteiger partial charge in [-0.25, -0.2) is 0 Å². The molecule has 8 heteroatoms. The van der Waals surface area contributed by atoms with E-state index in [0.29, 0.717) is 0 Å². The Morgan fingerprint density at radius 2 is 1.96 bits per heavy atom. The number of hydrogen-bond donors (Lipinski definition) is 2. The molecule has 1 aromatic carbocycles. The van der Waals surface area contributed by atoms with E-state index >= 15 is 0 Å². The molecule has 26 heavy (non-hydrogen) atoms. The zero-order valence-corrected chi connectivity index (χ0v) is 18.2. The fraction of sp³-hybridized carbons (Fsp3) is 0.500. The summed E-state index contributed by atoms with van der Waals surface area (Å²) in [4.78, 5) is 6.86. The van der Waals surface area contributed by atoms with E-state index in [2.05, 4.69) is 80.5 Å².